The van der Waals surface area contributed by atoms with Crippen molar-refractivity contribution in [3.8, 4) is 11.5 Å². The van der Waals surface area contributed by atoms with Crippen molar-refractivity contribution in [3.63, 3.8) is 0 Å². The van der Waals surface area contributed by atoms with Gasteiger partial charge in [-0.25, -0.2) is 0 Å². The number of carbonyl (C=O) groups is 2. The number of aryl methyl sites for hydroxylation is 1. The van der Waals surface area contributed by atoms with Crippen LogP contribution in [0.15, 0.2) is 42.5 Å². The number of nitrogens with one attached hydrogen (secondary N) is 2. The number of hydrogen-bond donors (Lipinski definition) is 3. The maximum absolute atomic E-state index is 11.9. The van der Waals surface area contributed by atoms with Crippen molar-refractivity contribution >= 4 is 23.4 Å². The Kier molecular flexibility index (Phi) is 5.43. The highest BCUT2D eigenvalue weighted by atomic mass is 35.5. The number of hydrogen-bond acceptors (Lipinski definition) is 4. The van der Waals surface area contributed by atoms with Crippen LogP contribution in [-0.4, -0.2) is 23.5 Å². The number of para-hydroxylation sites is 2. The molecule has 6 nitrogen and oxygen atoms in total. The van der Waals surface area contributed by atoms with E-state index in [-0.39, 0.29) is 17.9 Å². The van der Waals surface area contributed by atoms with Gasteiger partial charge in [-0.1, -0.05) is 35.9 Å². The molecule has 0 atom stereocenters. The third kappa shape index (κ3) is 4.37. The van der Waals surface area contributed by atoms with Gasteiger partial charge in [-0.15, -0.1) is 0 Å². The molecular weight excluding hydrogens is 320 g/mol. The van der Waals surface area contributed by atoms with Crippen LogP contribution in [0.1, 0.15) is 15.9 Å². The number of aromatic hydroxyl groups is 1. The van der Waals surface area contributed by atoms with Gasteiger partial charge in [0.25, 0.3) is 11.8 Å². The average Bonchev–Trinajstić information content (AvgIpc) is 2.54. The van der Waals surface area contributed by atoms with Crippen LogP contribution in [0.5, 0.6) is 11.5 Å². The Morgan fingerprint density at radius 1 is 1.13 bits per heavy atom. The Morgan fingerprint density at radius 2 is 1.87 bits per heavy atom. The van der Waals surface area contributed by atoms with E-state index in [1.165, 1.54) is 6.07 Å². The molecule has 0 unspecified atom stereocenters. The largest absolute Gasteiger partial charge is 0.507 e. The fraction of sp³-hybridized carbons (Fsp3) is 0.125. The molecule has 2 amide bonds. The lowest BCUT2D eigenvalue weighted by molar-refractivity contribution is -0.123. The van der Waals surface area contributed by atoms with Crippen molar-refractivity contribution in [2.24, 2.45) is 0 Å². The number of rotatable bonds is 4. The highest BCUT2D eigenvalue weighted by Gasteiger charge is 2.13. The van der Waals surface area contributed by atoms with Crippen molar-refractivity contribution in [3.05, 3.63) is 58.6 Å². The molecular formula is C16H15ClN2O4. The third-order valence-electron chi connectivity index (χ3n) is 2.99. The summed E-state index contributed by atoms with van der Waals surface area (Å²) >= 11 is 5.89. The zero-order valence-electron chi connectivity index (χ0n) is 12.3. The van der Waals surface area contributed by atoms with Gasteiger partial charge in [0.1, 0.15) is 11.5 Å². The minimum Gasteiger partial charge on any atom is -0.507 e. The van der Waals surface area contributed by atoms with Gasteiger partial charge in [0.2, 0.25) is 0 Å². The molecule has 0 radical (unpaired) electrons. The first-order valence-corrected chi connectivity index (χ1v) is 7.12. The van der Waals surface area contributed by atoms with Crippen molar-refractivity contribution in [2.45, 2.75) is 6.92 Å². The highest BCUT2D eigenvalue weighted by molar-refractivity contribution is 6.32. The lowest BCUT2D eigenvalue weighted by Gasteiger charge is -2.10. The minimum atomic E-state index is -0.628. The molecule has 0 aliphatic rings. The fourth-order valence-corrected chi connectivity index (χ4v) is 1.97. The van der Waals surface area contributed by atoms with Gasteiger partial charge in [0.05, 0.1) is 10.6 Å². The van der Waals surface area contributed by atoms with Crippen LogP contribution in [0.3, 0.4) is 0 Å². The van der Waals surface area contributed by atoms with Crippen LogP contribution in [0, 0.1) is 6.92 Å². The number of carbonyl (C=O) groups excluding carboxylic acids is 2. The predicted molar refractivity (Wildman–Crippen MR) is 85.4 cm³/mol. The monoisotopic (exact) mass is 334 g/mol. The second kappa shape index (κ2) is 7.51. The van der Waals surface area contributed by atoms with E-state index in [9.17, 15) is 14.7 Å². The van der Waals surface area contributed by atoms with Gasteiger partial charge in [0.15, 0.2) is 6.61 Å². The van der Waals surface area contributed by atoms with Crippen molar-refractivity contribution < 1.29 is 19.4 Å². The molecule has 2 rings (SSSR count). The Bertz CT molecular complexity index is 734. The molecule has 2 aromatic carbocycles. The molecule has 120 valence electrons. The Labute approximate surface area is 138 Å². The maximum atomic E-state index is 11.9. The van der Waals surface area contributed by atoms with E-state index >= 15 is 0 Å². The molecule has 0 fully saturated rings. The SMILES string of the molecule is Cc1cccc(C(=O)NNC(=O)COc2ccccc2Cl)c1O. The summed E-state index contributed by atoms with van der Waals surface area (Å²) in [6, 6.07) is 11.5. The summed E-state index contributed by atoms with van der Waals surface area (Å²) in [5.41, 5.74) is 5.03. The summed E-state index contributed by atoms with van der Waals surface area (Å²) in [7, 11) is 0. The summed E-state index contributed by atoms with van der Waals surface area (Å²) in [6.07, 6.45) is 0. The van der Waals surface area contributed by atoms with Gasteiger partial charge >= 0.3 is 0 Å². The molecule has 0 spiro atoms. The van der Waals surface area contributed by atoms with Gasteiger partial charge in [-0.2, -0.15) is 0 Å². The van der Waals surface area contributed by atoms with Crippen LogP contribution in [0.4, 0.5) is 0 Å². The number of ether oxygens (including phenoxy) is 1. The topological polar surface area (TPSA) is 87.7 Å². The number of halogens is 1. The summed E-state index contributed by atoms with van der Waals surface area (Å²) in [4.78, 5) is 23.6. The normalized spacial score (nSPS) is 10.0. The molecule has 0 saturated carbocycles. The van der Waals surface area contributed by atoms with E-state index in [4.69, 9.17) is 16.3 Å². The number of hydrazine groups is 1. The zero-order chi connectivity index (χ0) is 16.8. The summed E-state index contributed by atoms with van der Waals surface area (Å²) in [5, 5.41) is 10.2. The number of phenols is 1. The summed E-state index contributed by atoms with van der Waals surface area (Å²) in [6.45, 7) is 1.35. The highest BCUT2D eigenvalue weighted by Crippen LogP contribution is 2.23. The Hall–Kier alpha value is -2.73. The van der Waals surface area contributed by atoms with Gasteiger partial charge in [-0.3, -0.25) is 20.4 Å². The van der Waals surface area contributed by atoms with E-state index < -0.39 is 11.8 Å². The van der Waals surface area contributed by atoms with E-state index in [1.54, 1.807) is 43.3 Å². The fourth-order valence-electron chi connectivity index (χ4n) is 1.78. The molecule has 0 saturated heterocycles. The lowest BCUT2D eigenvalue weighted by atomic mass is 10.1. The molecule has 7 heteroatoms. The quantitative estimate of drug-likeness (QED) is 0.748. The number of benzene rings is 2. The molecule has 0 aromatic heterocycles. The first kappa shape index (κ1) is 16.6. The third-order valence-corrected chi connectivity index (χ3v) is 3.31. The molecule has 0 aliphatic heterocycles. The van der Waals surface area contributed by atoms with Crippen molar-refractivity contribution in [2.75, 3.05) is 6.61 Å². The van der Waals surface area contributed by atoms with Crippen LogP contribution < -0.4 is 15.6 Å². The van der Waals surface area contributed by atoms with Gasteiger partial charge in [-0.05, 0) is 30.7 Å². The second-order valence-electron chi connectivity index (χ2n) is 4.69. The van der Waals surface area contributed by atoms with Crippen molar-refractivity contribution in [1.29, 1.82) is 0 Å². The Morgan fingerprint density at radius 3 is 2.61 bits per heavy atom. The first-order valence-electron chi connectivity index (χ1n) is 6.74. The van der Waals surface area contributed by atoms with Gasteiger partial charge < -0.3 is 9.84 Å². The number of phenolic OH excluding ortho intramolecular Hbond substituents is 1. The first-order chi connectivity index (χ1) is 11.0. The van der Waals surface area contributed by atoms with Crippen LogP contribution in [0.25, 0.3) is 0 Å². The molecule has 23 heavy (non-hydrogen) atoms. The van der Waals surface area contributed by atoms with E-state index in [0.29, 0.717) is 16.3 Å². The summed E-state index contributed by atoms with van der Waals surface area (Å²) < 4.78 is 5.23. The molecule has 2 aromatic rings. The number of amides is 2. The molecule has 3 N–H and O–H groups in total. The van der Waals surface area contributed by atoms with E-state index in [1.807, 2.05) is 0 Å². The van der Waals surface area contributed by atoms with Crippen LogP contribution in [-0.2, 0) is 4.79 Å². The summed E-state index contributed by atoms with van der Waals surface area (Å²) in [5.74, 6) is -0.957. The second-order valence-corrected chi connectivity index (χ2v) is 5.10. The molecule has 0 heterocycles. The minimum absolute atomic E-state index is 0.0670. The van der Waals surface area contributed by atoms with E-state index in [2.05, 4.69) is 10.9 Å². The predicted octanol–water partition coefficient (Wildman–Crippen LogP) is 2.19. The molecule has 0 bridgehead atoms. The zero-order valence-corrected chi connectivity index (χ0v) is 13.1. The maximum Gasteiger partial charge on any atom is 0.276 e. The van der Waals surface area contributed by atoms with Crippen molar-refractivity contribution in [1.82, 2.24) is 10.9 Å². The van der Waals surface area contributed by atoms with E-state index in [0.717, 1.165) is 0 Å². The van der Waals surface area contributed by atoms with Crippen LogP contribution in [0.2, 0.25) is 5.02 Å². The standard InChI is InChI=1S/C16H15ClN2O4/c1-10-5-4-6-11(15(10)21)16(22)19-18-14(20)9-23-13-8-3-2-7-12(13)17/h2-8,21H,9H2,1H3,(H,18,20)(H,19,22). The Balaban J connectivity index is 1.86. The van der Waals surface area contributed by atoms with Gasteiger partial charge in [0, 0.05) is 0 Å². The lowest BCUT2D eigenvalue weighted by Crippen LogP contribution is -2.43. The average molecular weight is 335 g/mol. The van der Waals surface area contributed by atoms with Crippen LogP contribution >= 0.6 is 11.6 Å². The molecule has 0 aliphatic carbocycles. The smallest absolute Gasteiger partial charge is 0.276 e.